The van der Waals surface area contributed by atoms with Crippen molar-refractivity contribution in [2.45, 2.75) is 45.3 Å². The minimum Gasteiger partial charge on any atom is -0.458 e. The van der Waals surface area contributed by atoms with Crippen LogP contribution >= 0.6 is 0 Å². The smallest absolute Gasteiger partial charge is 0.314 e. The first-order chi connectivity index (χ1) is 7.15. The standard InChI is InChI=1S/C11H16O4/c1-3-4-5-7-9-8(11(13)14-7)6(2)10(12)15-9/h6-9H,3-5H2,1-2H3/t6-,7+,8-,9-/m1/s1. The Morgan fingerprint density at radius 3 is 2.60 bits per heavy atom. The minimum absolute atomic E-state index is 0.212. The molecule has 4 heteroatoms. The molecule has 0 unspecified atom stereocenters. The molecular weight excluding hydrogens is 196 g/mol. The van der Waals surface area contributed by atoms with Crippen molar-refractivity contribution < 1.29 is 19.1 Å². The molecule has 2 fully saturated rings. The molecule has 15 heavy (non-hydrogen) atoms. The van der Waals surface area contributed by atoms with Gasteiger partial charge in [-0.15, -0.1) is 0 Å². The Morgan fingerprint density at radius 1 is 1.20 bits per heavy atom. The van der Waals surface area contributed by atoms with Gasteiger partial charge in [-0.25, -0.2) is 0 Å². The van der Waals surface area contributed by atoms with E-state index in [2.05, 4.69) is 6.92 Å². The Kier molecular flexibility index (Phi) is 2.67. The van der Waals surface area contributed by atoms with Gasteiger partial charge in [-0.2, -0.15) is 0 Å². The molecule has 0 amide bonds. The van der Waals surface area contributed by atoms with Crippen molar-refractivity contribution in [2.24, 2.45) is 11.8 Å². The van der Waals surface area contributed by atoms with Gasteiger partial charge in [0.15, 0.2) is 6.10 Å². The van der Waals surface area contributed by atoms with Gasteiger partial charge in [0, 0.05) is 0 Å². The number of unbranched alkanes of at least 4 members (excludes halogenated alkanes) is 1. The van der Waals surface area contributed by atoms with E-state index in [-0.39, 0.29) is 36.0 Å². The number of carbonyl (C=O) groups excluding carboxylic acids is 2. The van der Waals surface area contributed by atoms with Crippen LogP contribution in [-0.4, -0.2) is 24.1 Å². The number of hydrogen-bond acceptors (Lipinski definition) is 4. The van der Waals surface area contributed by atoms with Gasteiger partial charge in [0.05, 0.1) is 5.92 Å². The Labute approximate surface area is 88.9 Å². The lowest BCUT2D eigenvalue weighted by atomic mass is 9.91. The molecule has 0 radical (unpaired) electrons. The van der Waals surface area contributed by atoms with Crippen molar-refractivity contribution in [3.63, 3.8) is 0 Å². The van der Waals surface area contributed by atoms with Gasteiger partial charge in [-0.1, -0.05) is 20.3 Å². The topological polar surface area (TPSA) is 52.6 Å². The van der Waals surface area contributed by atoms with Crippen LogP contribution < -0.4 is 0 Å². The van der Waals surface area contributed by atoms with Crippen LogP contribution in [0.2, 0.25) is 0 Å². The molecule has 2 aliphatic rings. The normalized spacial score (nSPS) is 38.8. The quantitative estimate of drug-likeness (QED) is 0.661. The molecule has 0 bridgehead atoms. The molecule has 4 nitrogen and oxygen atoms in total. The van der Waals surface area contributed by atoms with Crippen LogP contribution in [0.1, 0.15) is 33.1 Å². The Bertz CT molecular complexity index is 286. The summed E-state index contributed by atoms with van der Waals surface area (Å²) in [7, 11) is 0. The third-order valence-electron chi connectivity index (χ3n) is 3.26. The fourth-order valence-corrected chi connectivity index (χ4v) is 2.31. The van der Waals surface area contributed by atoms with Crippen LogP contribution in [0.4, 0.5) is 0 Å². The number of carbonyl (C=O) groups is 2. The summed E-state index contributed by atoms with van der Waals surface area (Å²) in [5.74, 6) is -1.23. The highest BCUT2D eigenvalue weighted by atomic mass is 16.6. The fraction of sp³-hybridized carbons (Fsp3) is 0.818. The number of rotatable bonds is 3. The molecule has 0 spiro atoms. The van der Waals surface area contributed by atoms with Gasteiger partial charge < -0.3 is 9.47 Å². The van der Waals surface area contributed by atoms with Crippen molar-refractivity contribution in [1.29, 1.82) is 0 Å². The second-order valence-electron chi connectivity index (χ2n) is 4.33. The van der Waals surface area contributed by atoms with Gasteiger partial charge in [0.25, 0.3) is 0 Å². The first kappa shape index (κ1) is 10.5. The summed E-state index contributed by atoms with van der Waals surface area (Å²) in [5.41, 5.74) is 0. The molecule has 2 rings (SSSR count). The SMILES string of the molecule is CCCC[C@@H]1OC(=O)[C@H]2[C@@H]1OC(=O)[C@@H]2C. The Morgan fingerprint density at radius 2 is 1.93 bits per heavy atom. The van der Waals surface area contributed by atoms with Crippen LogP contribution in [0.5, 0.6) is 0 Å². The second-order valence-corrected chi connectivity index (χ2v) is 4.33. The highest BCUT2D eigenvalue weighted by Gasteiger charge is 2.56. The summed E-state index contributed by atoms with van der Waals surface area (Å²) in [6.45, 7) is 3.81. The molecule has 0 N–H and O–H groups in total. The highest BCUT2D eigenvalue weighted by Crippen LogP contribution is 2.38. The number of fused-ring (bicyclic) bond motifs is 1. The van der Waals surface area contributed by atoms with Crippen LogP contribution in [0.15, 0.2) is 0 Å². The average Bonchev–Trinajstić information content (AvgIpc) is 2.65. The summed E-state index contributed by atoms with van der Waals surface area (Å²) >= 11 is 0. The zero-order chi connectivity index (χ0) is 11.0. The van der Waals surface area contributed by atoms with E-state index in [1.54, 1.807) is 6.92 Å². The minimum atomic E-state index is -0.362. The lowest BCUT2D eigenvalue weighted by Gasteiger charge is -2.14. The van der Waals surface area contributed by atoms with Crippen LogP contribution in [0, 0.1) is 11.8 Å². The van der Waals surface area contributed by atoms with Crippen molar-refractivity contribution >= 4 is 11.9 Å². The van der Waals surface area contributed by atoms with Crippen LogP contribution in [0.3, 0.4) is 0 Å². The molecule has 2 saturated heterocycles. The van der Waals surface area contributed by atoms with E-state index >= 15 is 0 Å². The van der Waals surface area contributed by atoms with Crippen molar-refractivity contribution in [1.82, 2.24) is 0 Å². The van der Waals surface area contributed by atoms with E-state index in [1.165, 1.54) is 0 Å². The number of cyclic esters (lactones) is 1. The molecule has 2 aliphatic heterocycles. The van der Waals surface area contributed by atoms with Crippen LogP contribution in [-0.2, 0) is 19.1 Å². The van der Waals surface area contributed by atoms with E-state index in [1.807, 2.05) is 0 Å². The number of ether oxygens (including phenoxy) is 2. The van der Waals surface area contributed by atoms with Gasteiger partial charge in [-0.3, -0.25) is 9.59 Å². The van der Waals surface area contributed by atoms with E-state index in [0.29, 0.717) is 0 Å². The van der Waals surface area contributed by atoms with E-state index in [9.17, 15) is 9.59 Å². The summed E-state index contributed by atoms with van der Waals surface area (Å²) in [6, 6.07) is 0. The molecule has 4 atom stereocenters. The first-order valence-electron chi connectivity index (χ1n) is 5.56. The predicted octanol–water partition coefficient (Wildman–Crippen LogP) is 1.28. The number of esters is 2. The molecule has 84 valence electrons. The molecule has 0 aliphatic carbocycles. The van der Waals surface area contributed by atoms with Crippen molar-refractivity contribution in [2.75, 3.05) is 0 Å². The monoisotopic (exact) mass is 212 g/mol. The zero-order valence-electron chi connectivity index (χ0n) is 9.06. The van der Waals surface area contributed by atoms with Crippen molar-refractivity contribution in [3.8, 4) is 0 Å². The summed E-state index contributed by atoms with van der Waals surface area (Å²) < 4.78 is 10.4. The Hall–Kier alpha value is -1.06. The maximum Gasteiger partial charge on any atom is 0.314 e. The summed E-state index contributed by atoms with van der Waals surface area (Å²) in [4.78, 5) is 22.9. The summed E-state index contributed by atoms with van der Waals surface area (Å²) in [5, 5.41) is 0. The van der Waals surface area contributed by atoms with Crippen molar-refractivity contribution in [3.05, 3.63) is 0 Å². The molecule has 0 aromatic carbocycles. The lowest BCUT2D eigenvalue weighted by molar-refractivity contribution is -0.155. The molecular formula is C11H16O4. The van der Waals surface area contributed by atoms with Gasteiger partial charge in [0.2, 0.25) is 0 Å². The molecule has 0 aromatic heterocycles. The first-order valence-corrected chi connectivity index (χ1v) is 5.56. The largest absolute Gasteiger partial charge is 0.458 e. The maximum atomic E-state index is 11.5. The second kappa shape index (κ2) is 3.83. The average molecular weight is 212 g/mol. The third-order valence-corrected chi connectivity index (χ3v) is 3.26. The number of hydrogen-bond donors (Lipinski definition) is 0. The van der Waals surface area contributed by atoms with Gasteiger partial charge in [0.1, 0.15) is 12.0 Å². The maximum absolute atomic E-state index is 11.5. The van der Waals surface area contributed by atoms with Crippen LogP contribution in [0.25, 0.3) is 0 Å². The predicted molar refractivity (Wildman–Crippen MR) is 51.9 cm³/mol. The highest BCUT2D eigenvalue weighted by molar-refractivity contribution is 5.87. The zero-order valence-corrected chi connectivity index (χ0v) is 9.06. The fourth-order valence-electron chi connectivity index (χ4n) is 2.31. The lowest BCUT2D eigenvalue weighted by Crippen LogP contribution is -2.25. The molecule has 2 heterocycles. The van der Waals surface area contributed by atoms with Gasteiger partial charge in [-0.05, 0) is 12.8 Å². The van der Waals surface area contributed by atoms with Gasteiger partial charge >= 0.3 is 11.9 Å². The molecule has 0 saturated carbocycles. The summed E-state index contributed by atoms with van der Waals surface area (Å²) in [6.07, 6.45) is 2.30. The van der Waals surface area contributed by atoms with E-state index in [0.717, 1.165) is 19.3 Å². The van der Waals surface area contributed by atoms with E-state index in [4.69, 9.17) is 9.47 Å². The Balaban J connectivity index is 2.07. The third kappa shape index (κ3) is 1.62. The van der Waals surface area contributed by atoms with E-state index < -0.39 is 0 Å². The molecule has 0 aromatic rings.